The van der Waals surface area contributed by atoms with Gasteiger partial charge in [0.2, 0.25) is 0 Å². The predicted octanol–water partition coefficient (Wildman–Crippen LogP) is 2.74. The van der Waals surface area contributed by atoms with E-state index in [1.807, 2.05) is 19.6 Å². The van der Waals surface area contributed by atoms with Gasteiger partial charge < -0.3 is 9.88 Å². The van der Waals surface area contributed by atoms with Gasteiger partial charge in [-0.1, -0.05) is 19.8 Å². The van der Waals surface area contributed by atoms with Crippen molar-refractivity contribution >= 4 is 0 Å². The first-order valence-corrected chi connectivity index (χ1v) is 6.46. The molecule has 3 nitrogen and oxygen atoms in total. The van der Waals surface area contributed by atoms with Crippen LogP contribution in [0.25, 0.3) is 0 Å². The first-order valence-electron chi connectivity index (χ1n) is 6.46. The molecule has 1 aliphatic rings. The smallest absolute Gasteiger partial charge is 0.0951 e. The first-order chi connectivity index (χ1) is 7.81. The van der Waals surface area contributed by atoms with E-state index in [0.29, 0.717) is 6.04 Å². The lowest BCUT2D eigenvalue weighted by atomic mass is 10.0. The molecule has 1 aromatic heterocycles. The quantitative estimate of drug-likeness (QED) is 0.795. The van der Waals surface area contributed by atoms with Crippen molar-refractivity contribution < 1.29 is 0 Å². The van der Waals surface area contributed by atoms with Gasteiger partial charge in [-0.05, 0) is 32.2 Å². The molecule has 90 valence electrons. The Morgan fingerprint density at radius 3 is 3.06 bits per heavy atom. The maximum absolute atomic E-state index is 4.29. The van der Waals surface area contributed by atoms with Crippen LogP contribution < -0.4 is 5.32 Å². The van der Waals surface area contributed by atoms with E-state index in [2.05, 4.69) is 21.8 Å². The number of nitrogens with one attached hydrogen (secondary N) is 1. The largest absolute Gasteiger partial charge is 0.330 e. The van der Waals surface area contributed by atoms with Crippen LogP contribution in [-0.2, 0) is 6.54 Å². The van der Waals surface area contributed by atoms with Crippen LogP contribution in [0.1, 0.15) is 50.8 Å². The van der Waals surface area contributed by atoms with Crippen LogP contribution in [0, 0.1) is 5.92 Å². The third-order valence-electron chi connectivity index (χ3n) is 3.72. The highest BCUT2D eigenvalue weighted by Crippen LogP contribution is 2.30. The van der Waals surface area contributed by atoms with E-state index in [1.165, 1.54) is 37.8 Å². The molecule has 1 saturated carbocycles. The van der Waals surface area contributed by atoms with E-state index in [9.17, 15) is 0 Å². The molecule has 0 aromatic carbocycles. The highest BCUT2D eigenvalue weighted by Gasteiger charge is 2.18. The summed E-state index contributed by atoms with van der Waals surface area (Å²) in [6.45, 7) is 3.30. The summed E-state index contributed by atoms with van der Waals surface area (Å²) in [5.41, 5.74) is 1.32. The Labute approximate surface area is 98.3 Å². The number of nitrogens with zero attached hydrogens (tertiary/aromatic N) is 2. The molecule has 0 spiro atoms. The van der Waals surface area contributed by atoms with Crippen LogP contribution >= 0.6 is 0 Å². The molecule has 1 fully saturated rings. The average Bonchev–Trinajstić information content (AvgIpc) is 2.61. The van der Waals surface area contributed by atoms with E-state index in [0.717, 1.165) is 12.5 Å². The molecule has 16 heavy (non-hydrogen) atoms. The number of rotatable bonds is 3. The SMILES string of the molecule is CNCc1cncn1C1CCCC(C)CC1. The number of imidazole rings is 1. The minimum Gasteiger partial charge on any atom is -0.330 e. The summed E-state index contributed by atoms with van der Waals surface area (Å²) in [7, 11) is 1.99. The Hall–Kier alpha value is -0.830. The monoisotopic (exact) mass is 221 g/mol. The summed E-state index contributed by atoms with van der Waals surface area (Å²) >= 11 is 0. The molecular weight excluding hydrogens is 198 g/mol. The van der Waals surface area contributed by atoms with Crippen molar-refractivity contribution in [1.29, 1.82) is 0 Å². The molecule has 2 unspecified atom stereocenters. The number of hydrogen-bond acceptors (Lipinski definition) is 2. The summed E-state index contributed by atoms with van der Waals surface area (Å²) < 4.78 is 2.38. The molecule has 0 bridgehead atoms. The van der Waals surface area contributed by atoms with Crippen molar-refractivity contribution in [3.8, 4) is 0 Å². The second-order valence-electron chi connectivity index (χ2n) is 5.09. The van der Waals surface area contributed by atoms with Crippen molar-refractivity contribution in [3.63, 3.8) is 0 Å². The molecule has 0 radical (unpaired) electrons. The third kappa shape index (κ3) is 2.64. The van der Waals surface area contributed by atoms with Crippen molar-refractivity contribution in [3.05, 3.63) is 18.2 Å². The lowest BCUT2D eigenvalue weighted by Gasteiger charge is -2.19. The molecule has 1 aliphatic carbocycles. The Kier molecular flexibility index (Phi) is 3.99. The first kappa shape index (κ1) is 11.6. The van der Waals surface area contributed by atoms with Gasteiger partial charge in [0.1, 0.15) is 0 Å². The maximum atomic E-state index is 4.29. The summed E-state index contributed by atoms with van der Waals surface area (Å²) in [6.07, 6.45) is 10.8. The van der Waals surface area contributed by atoms with E-state index in [1.54, 1.807) is 0 Å². The molecule has 1 heterocycles. The van der Waals surface area contributed by atoms with E-state index in [-0.39, 0.29) is 0 Å². The Morgan fingerprint density at radius 1 is 1.38 bits per heavy atom. The topological polar surface area (TPSA) is 29.9 Å². The van der Waals surface area contributed by atoms with E-state index in [4.69, 9.17) is 0 Å². The molecule has 2 atom stereocenters. The second-order valence-corrected chi connectivity index (χ2v) is 5.09. The predicted molar refractivity (Wildman–Crippen MR) is 66.3 cm³/mol. The van der Waals surface area contributed by atoms with Gasteiger partial charge in [-0.3, -0.25) is 0 Å². The third-order valence-corrected chi connectivity index (χ3v) is 3.72. The lowest BCUT2D eigenvalue weighted by molar-refractivity contribution is 0.420. The van der Waals surface area contributed by atoms with Gasteiger partial charge in [-0.15, -0.1) is 0 Å². The fourth-order valence-electron chi connectivity index (χ4n) is 2.72. The van der Waals surface area contributed by atoms with Gasteiger partial charge in [-0.25, -0.2) is 4.98 Å². The second kappa shape index (κ2) is 5.48. The van der Waals surface area contributed by atoms with Crippen molar-refractivity contribution in [2.75, 3.05) is 7.05 Å². The number of hydrogen-bond donors (Lipinski definition) is 1. The van der Waals surface area contributed by atoms with Crippen LogP contribution in [0.4, 0.5) is 0 Å². The van der Waals surface area contributed by atoms with Crippen molar-refractivity contribution in [1.82, 2.24) is 14.9 Å². The van der Waals surface area contributed by atoms with Crippen LogP contribution in [0.15, 0.2) is 12.5 Å². The highest BCUT2D eigenvalue weighted by molar-refractivity contribution is 5.00. The Bertz CT molecular complexity index is 319. The number of aromatic nitrogens is 2. The molecule has 3 heteroatoms. The standard InChI is InChI=1S/C13H23N3/c1-11-4-3-5-12(7-6-11)16-10-15-9-13(16)8-14-2/h9-12,14H,3-8H2,1-2H3. The minimum absolute atomic E-state index is 0.677. The summed E-state index contributed by atoms with van der Waals surface area (Å²) in [4.78, 5) is 4.29. The maximum Gasteiger partial charge on any atom is 0.0951 e. The normalized spacial score (nSPS) is 26.6. The van der Waals surface area contributed by atoms with Gasteiger partial charge in [0.05, 0.1) is 12.0 Å². The zero-order valence-electron chi connectivity index (χ0n) is 10.4. The molecule has 1 N–H and O–H groups in total. The van der Waals surface area contributed by atoms with Crippen LogP contribution in [0.5, 0.6) is 0 Å². The summed E-state index contributed by atoms with van der Waals surface area (Å²) in [5.74, 6) is 0.904. The Balaban J connectivity index is 2.07. The fourth-order valence-corrected chi connectivity index (χ4v) is 2.72. The molecular formula is C13H23N3. The molecule has 0 saturated heterocycles. The van der Waals surface area contributed by atoms with Gasteiger partial charge >= 0.3 is 0 Å². The van der Waals surface area contributed by atoms with Crippen LogP contribution in [0.3, 0.4) is 0 Å². The molecule has 2 rings (SSSR count). The van der Waals surface area contributed by atoms with Crippen LogP contribution in [-0.4, -0.2) is 16.6 Å². The summed E-state index contributed by atoms with van der Waals surface area (Å²) in [6, 6.07) is 0.677. The van der Waals surface area contributed by atoms with E-state index < -0.39 is 0 Å². The van der Waals surface area contributed by atoms with Crippen molar-refractivity contribution in [2.24, 2.45) is 5.92 Å². The van der Waals surface area contributed by atoms with Gasteiger partial charge in [0, 0.05) is 18.8 Å². The zero-order chi connectivity index (χ0) is 11.4. The van der Waals surface area contributed by atoms with Crippen molar-refractivity contribution in [2.45, 2.75) is 51.6 Å². The van der Waals surface area contributed by atoms with Gasteiger partial charge in [0.15, 0.2) is 0 Å². The molecule has 0 aliphatic heterocycles. The molecule has 1 aromatic rings. The Morgan fingerprint density at radius 2 is 2.25 bits per heavy atom. The fraction of sp³-hybridized carbons (Fsp3) is 0.769. The van der Waals surface area contributed by atoms with Crippen LogP contribution in [0.2, 0.25) is 0 Å². The lowest BCUT2D eigenvalue weighted by Crippen LogP contribution is -2.15. The van der Waals surface area contributed by atoms with Gasteiger partial charge in [-0.2, -0.15) is 0 Å². The zero-order valence-corrected chi connectivity index (χ0v) is 10.4. The van der Waals surface area contributed by atoms with E-state index >= 15 is 0 Å². The van der Waals surface area contributed by atoms with Gasteiger partial charge in [0.25, 0.3) is 0 Å². The summed E-state index contributed by atoms with van der Waals surface area (Å²) in [5, 5.41) is 3.21. The average molecular weight is 221 g/mol. The highest BCUT2D eigenvalue weighted by atomic mass is 15.1. The minimum atomic E-state index is 0.677. The molecule has 0 amide bonds.